The predicted octanol–water partition coefficient (Wildman–Crippen LogP) is 0.862. The van der Waals surface area contributed by atoms with E-state index in [0.29, 0.717) is 18.8 Å². The first-order chi connectivity index (χ1) is 9.57. The van der Waals surface area contributed by atoms with E-state index < -0.39 is 5.60 Å². The van der Waals surface area contributed by atoms with Crippen molar-refractivity contribution in [1.29, 1.82) is 0 Å². The SMILES string of the molecule is O=C(CCOc1ccc(F)cc1)NCC1(O)CCOC1. The summed E-state index contributed by atoms with van der Waals surface area (Å²) in [6, 6.07) is 5.60. The van der Waals surface area contributed by atoms with Gasteiger partial charge in [0, 0.05) is 19.6 Å². The molecule has 0 aliphatic carbocycles. The van der Waals surface area contributed by atoms with E-state index in [-0.39, 0.29) is 37.9 Å². The Bertz CT molecular complexity index is 443. The first-order valence-corrected chi connectivity index (χ1v) is 6.53. The van der Waals surface area contributed by atoms with Gasteiger partial charge in [-0.1, -0.05) is 0 Å². The van der Waals surface area contributed by atoms with E-state index in [9.17, 15) is 14.3 Å². The number of aliphatic hydroxyl groups is 1. The Morgan fingerprint density at radius 2 is 2.20 bits per heavy atom. The summed E-state index contributed by atoms with van der Waals surface area (Å²) >= 11 is 0. The van der Waals surface area contributed by atoms with E-state index >= 15 is 0 Å². The normalized spacial score (nSPS) is 21.7. The fourth-order valence-corrected chi connectivity index (χ4v) is 1.88. The summed E-state index contributed by atoms with van der Waals surface area (Å²) in [7, 11) is 0. The van der Waals surface area contributed by atoms with Crippen LogP contribution in [-0.2, 0) is 9.53 Å². The van der Waals surface area contributed by atoms with Crippen LogP contribution in [-0.4, -0.2) is 43.0 Å². The molecule has 1 aliphatic rings. The van der Waals surface area contributed by atoms with Gasteiger partial charge in [-0.3, -0.25) is 4.79 Å². The lowest BCUT2D eigenvalue weighted by atomic mass is 10.0. The van der Waals surface area contributed by atoms with Crippen LogP contribution in [0.5, 0.6) is 5.75 Å². The molecule has 0 spiro atoms. The predicted molar refractivity (Wildman–Crippen MR) is 69.9 cm³/mol. The topological polar surface area (TPSA) is 67.8 Å². The van der Waals surface area contributed by atoms with Crippen molar-refractivity contribution in [1.82, 2.24) is 5.32 Å². The molecule has 2 rings (SSSR count). The lowest BCUT2D eigenvalue weighted by Crippen LogP contribution is -2.43. The maximum Gasteiger partial charge on any atom is 0.223 e. The molecule has 1 heterocycles. The fourth-order valence-electron chi connectivity index (χ4n) is 1.88. The van der Waals surface area contributed by atoms with E-state index in [0.717, 1.165) is 0 Å². The van der Waals surface area contributed by atoms with Crippen molar-refractivity contribution >= 4 is 5.91 Å². The Morgan fingerprint density at radius 1 is 1.45 bits per heavy atom. The summed E-state index contributed by atoms with van der Waals surface area (Å²) in [4.78, 5) is 11.6. The van der Waals surface area contributed by atoms with Gasteiger partial charge in [0.2, 0.25) is 5.91 Å². The largest absolute Gasteiger partial charge is 0.493 e. The summed E-state index contributed by atoms with van der Waals surface area (Å²) in [5.74, 6) is -0.0171. The number of ether oxygens (including phenoxy) is 2. The van der Waals surface area contributed by atoms with Crippen molar-refractivity contribution in [2.24, 2.45) is 0 Å². The molecular weight excluding hydrogens is 265 g/mol. The lowest BCUT2D eigenvalue weighted by molar-refractivity contribution is -0.122. The highest BCUT2D eigenvalue weighted by Crippen LogP contribution is 2.17. The summed E-state index contributed by atoms with van der Waals surface area (Å²) in [5, 5.41) is 12.6. The van der Waals surface area contributed by atoms with Gasteiger partial charge in [0.05, 0.1) is 19.6 Å². The number of benzene rings is 1. The van der Waals surface area contributed by atoms with E-state index in [1.807, 2.05) is 0 Å². The van der Waals surface area contributed by atoms with Crippen LogP contribution in [0, 0.1) is 5.82 Å². The Balaban J connectivity index is 1.64. The summed E-state index contributed by atoms with van der Waals surface area (Å²) in [5.41, 5.74) is -0.951. The molecular formula is C14H18FNO4. The molecule has 20 heavy (non-hydrogen) atoms. The molecule has 1 fully saturated rings. The number of halogens is 1. The van der Waals surface area contributed by atoms with Crippen molar-refractivity contribution in [3.05, 3.63) is 30.1 Å². The van der Waals surface area contributed by atoms with Crippen molar-refractivity contribution in [3.8, 4) is 5.75 Å². The summed E-state index contributed by atoms with van der Waals surface area (Å²) < 4.78 is 23.1. The molecule has 1 aliphatic heterocycles. The molecule has 0 radical (unpaired) electrons. The number of hydrogen-bond acceptors (Lipinski definition) is 4. The van der Waals surface area contributed by atoms with Crippen molar-refractivity contribution in [2.75, 3.05) is 26.4 Å². The van der Waals surface area contributed by atoms with Gasteiger partial charge in [-0.2, -0.15) is 0 Å². The van der Waals surface area contributed by atoms with Gasteiger partial charge in [0.15, 0.2) is 0 Å². The third kappa shape index (κ3) is 4.47. The second-order valence-electron chi connectivity index (χ2n) is 4.86. The van der Waals surface area contributed by atoms with E-state index in [1.54, 1.807) is 0 Å². The van der Waals surface area contributed by atoms with Gasteiger partial charge < -0.3 is 19.9 Å². The van der Waals surface area contributed by atoms with E-state index in [4.69, 9.17) is 9.47 Å². The molecule has 1 amide bonds. The molecule has 0 bridgehead atoms. The number of amides is 1. The first-order valence-electron chi connectivity index (χ1n) is 6.53. The minimum absolute atomic E-state index is 0.175. The van der Waals surface area contributed by atoms with E-state index in [2.05, 4.69) is 5.32 Å². The van der Waals surface area contributed by atoms with Crippen LogP contribution < -0.4 is 10.1 Å². The van der Waals surface area contributed by atoms with Gasteiger partial charge in [-0.25, -0.2) is 4.39 Å². The van der Waals surface area contributed by atoms with Crippen LogP contribution in [0.2, 0.25) is 0 Å². The monoisotopic (exact) mass is 283 g/mol. The molecule has 110 valence electrons. The summed E-state index contributed by atoms with van der Waals surface area (Å²) in [6.45, 7) is 1.15. The van der Waals surface area contributed by atoms with Gasteiger partial charge in [0.25, 0.3) is 0 Å². The molecule has 1 atom stereocenters. The van der Waals surface area contributed by atoms with Crippen LogP contribution in [0.15, 0.2) is 24.3 Å². The highest BCUT2D eigenvalue weighted by atomic mass is 19.1. The van der Waals surface area contributed by atoms with Crippen LogP contribution in [0.25, 0.3) is 0 Å². The highest BCUT2D eigenvalue weighted by molar-refractivity contribution is 5.76. The van der Waals surface area contributed by atoms with Crippen LogP contribution in [0.4, 0.5) is 4.39 Å². The highest BCUT2D eigenvalue weighted by Gasteiger charge is 2.32. The van der Waals surface area contributed by atoms with Crippen molar-refractivity contribution in [3.63, 3.8) is 0 Å². The second kappa shape index (κ2) is 6.67. The molecule has 2 N–H and O–H groups in total. The van der Waals surface area contributed by atoms with Gasteiger partial charge in [-0.05, 0) is 24.3 Å². The standard InChI is InChI=1S/C14H18FNO4/c15-11-1-3-12(4-2-11)20-7-5-13(17)16-9-14(18)6-8-19-10-14/h1-4,18H,5-10H2,(H,16,17). The quantitative estimate of drug-likeness (QED) is 0.812. The third-order valence-corrected chi connectivity index (χ3v) is 3.11. The third-order valence-electron chi connectivity index (χ3n) is 3.11. The molecule has 1 aromatic carbocycles. The zero-order valence-electron chi connectivity index (χ0n) is 11.1. The van der Waals surface area contributed by atoms with Crippen molar-refractivity contribution < 1.29 is 23.8 Å². The molecule has 1 aromatic rings. The van der Waals surface area contributed by atoms with Crippen molar-refractivity contribution in [2.45, 2.75) is 18.4 Å². The van der Waals surface area contributed by atoms with Crippen LogP contribution >= 0.6 is 0 Å². The minimum atomic E-state index is -0.951. The van der Waals surface area contributed by atoms with Gasteiger partial charge in [-0.15, -0.1) is 0 Å². The number of hydrogen-bond donors (Lipinski definition) is 2. The van der Waals surface area contributed by atoms with Gasteiger partial charge >= 0.3 is 0 Å². The smallest absolute Gasteiger partial charge is 0.223 e. The Hall–Kier alpha value is -1.66. The molecule has 1 unspecified atom stereocenters. The molecule has 1 saturated heterocycles. The maximum atomic E-state index is 12.7. The zero-order chi connectivity index (χ0) is 14.4. The summed E-state index contributed by atoms with van der Waals surface area (Å²) in [6.07, 6.45) is 0.702. The lowest BCUT2D eigenvalue weighted by Gasteiger charge is -2.20. The average molecular weight is 283 g/mol. The second-order valence-corrected chi connectivity index (χ2v) is 4.86. The molecule has 0 aromatic heterocycles. The Labute approximate surface area is 116 Å². The average Bonchev–Trinajstić information content (AvgIpc) is 2.86. The van der Waals surface area contributed by atoms with E-state index in [1.165, 1.54) is 24.3 Å². The van der Waals surface area contributed by atoms with Crippen LogP contribution in [0.3, 0.4) is 0 Å². The number of carbonyl (C=O) groups excluding carboxylic acids is 1. The number of carbonyl (C=O) groups is 1. The first kappa shape index (κ1) is 14.7. The minimum Gasteiger partial charge on any atom is -0.493 e. The molecule has 0 saturated carbocycles. The zero-order valence-corrected chi connectivity index (χ0v) is 11.1. The Kier molecular flexibility index (Phi) is 4.92. The van der Waals surface area contributed by atoms with Crippen LogP contribution in [0.1, 0.15) is 12.8 Å². The molecule has 5 nitrogen and oxygen atoms in total. The Morgan fingerprint density at radius 3 is 2.85 bits per heavy atom. The number of rotatable bonds is 6. The maximum absolute atomic E-state index is 12.7. The number of nitrogens with one attached hydrogen (secondary N) is 1. The van der Waals surface area contributed by atoms with Gasteiger partial charge in [0.1, 0.15) is 17.2 Å². The fraction of sp³-hybridized carbons (Fsp3) is 0.500. The molecule has 6 heteroatoms.